The molecule has 0 aliphatic carbocycles. The summed E-state index contributed by atoms with van der Waals surface area (Å²) in [6.07, 6.45) is 0. The molecule has 106 valence electrons. The first kappa shape index (κ1) is 15.8. The van der Waals surface area contributed by atoms with Gasteiger partial charge in [-0.1, -0.05) is 47.8 Å². The van der Waals surface area contributed by atoms with Crippen molar-refractivity contribution in [1.29, 1.82) is 0 Å². The summed E-state index contributed by atoms with van der Waals surface area (Å²) in [7, 11) is 0. The fraction of sp³-hybridized carbons (Fsp3) is 0.214. The maximum absolute atomic E-state index is 11.3. The number of aromatic carboxylic acids is 1. The average molecular weight is 466 g/mol. The molecule has 0 fully saturated rings. The van der Waals surface area contributed by atoms with Crippen molar-refractivity contribution in [3.8, 4) is 11.3 Å². The lowest BCUT2D eigenvalue weighted by atomic mass is 10.1. The highest BCUT2D eigenvalue weighted by Gasteiger charge is 2.20. The average Bonchev–Trinajstić information content (AvgIpc) is 2.72. The van der Waals surface area contributed by atoms with Gasteiger partial charge >= 0.3 is 5.97 Å². The van der Waals surface area contributed by atoms with E-state index < -0.39 is 5.97 Å². The van der Waals surface area contributed by atoms with Gasteiger partial charge in [-0.25, -0.2) is 4.79 Å². The normalized spacial score (nSPS) is 11.1. The summed E-state index contributed by atoms with van der Waals surface area (Å²) in [4.78, 5) is 11.3. The van der Waals surface area contributed by atoms with Crippen molar-refractivity contribution in [2.24, 2.45) is 0 Å². The molecule has 3 nitrogen and oxygen atoms in total. The molecule has 2 rings (SSSR count). The molecule has 0 aliphatic heterocycles. The molecule has 20 heavy (non-hydrogen) atoms. The summed E-state index contributed by atoms with van der Waals surface area (Å²) in [6.45, 7) is 3.94. The van der Waals surface area contributed by atoms with E-state index in [0.717, 1.165) is 24.7 Å². The molecular weight excluding hydrogens is 454 g/mol. The molecule has 0 atom stereocenters. The minimum Gasteiger partial charge on any atom is -0.477 e. The zero-order valence-electron chi connectivity index (χ0n) is 10.8. The molecule has 1 aromatic heterocycles. The number of hydrogen-bond acceptors (Lipinski definition) is 1. The van der Waals surface area contributed by atoms with Crippen LogP contribution in [-0.4, -0.2) is 15.6 Å². The number of nitrogens with zero attached hydrogens (tertiary/aromatic N) is 1. The Morgan fingerprint density at radius 3 is 2.15 bits per heavy atom. The van der Waals surface area contributed by atoms with E-state index >= 15 is 0 Å². The third kappa shape index (κ3) is 2.87. The zero-order valence-corrected chi connectivity index (χ0v) is 15.6. The van der Waals surface area contributed by atoms with E-state index in [2.05, 4.69) is 47.8 Å². The van der Waals surface area contributed by atoms with Crippen molar-refractivity contribution in [2.45, 2.75) is 19.9 Å². The van der Waals surface area contributed by atoms with Gasteiger partial charge in [-0.15, -0.1) is 0 Å². The Balaban J connectivity index is 2.74. The van der Waals surface area contributed by atoms with Gasteiger partial charge in [-0.05, 0) is 38.1 Å². The van der Waals surface area contributed by atoms with Crippen molar-refractivity contribution < 1.29 is 9.90 Å². The second-order valence-corrected chi connectivity index (χ2v) is 7.24. The third-order valence-electron chi connectivity index (χ3n) is 2.92. The predicted molar refractivity (Wildman–Crippen MR) is 90.3 cm³/mol. The first-order valence-corrected chi connectivity index (χ1v) is 8.30. The van der Waals surface area contributed by atoms with Gasteiger partial charge in [0.1, 0.15) is 5.69 Å². The van der Waals surface area contributed by atoms with Gasteiger partial charge in [0.2, 0.25) is 0 Å². The summed E-state index contributed by atoms with van der Waals surface area (Å²) in [5.41, 5.74) is 2.09. The van der Waals surface area contributed by atoms with Crippen LogP contribution < -0.4 is 0 Å². The number of carboxylic acids is 1. The maximum Gasteiger partial charge on any atom is 0.352 e. The van der Waals surface area contributed by atoms with E-state index in [1.54, 1.807) is 6.07 Å². The van der Waals surface area contributed by atoms with E-state index in [0.29, 0.717) is 0 Å². The summed E-state index contributed by atoms with van der Waals surface area (Å²) in [6, 6.07) is 7.41. The molecule has 1 N–H and O–H groups in total. The minimum atomic E-state index is -0.922. The molecule has 2 aromatic rings. The van der Waals surface area contributed by atoms with Crippen LogP contribution in [0.25, 0.3) is 11.3 Å². The van der Waals surface area contributed by atoms with Gasteiger partial charge in [0.05, 0.1) is 5.69 Å². The van der Waals surface area contributed by atoms with E-state index in [4.69, 9.17) is 0 Å². The number of rotatable bonds is 3. The molecular formula is C14H12Br3NO2. The Hall–Kier alpha value is -0.590. The van der Waals surface area contributed by atoms with Gasteiger partial charge in [0.15, 0.2) is 0 Å². The molecule has 6 heteroatoms. The monoisotopic (exact) mass is 463 g/mol. The van der Waals surface area contributed by atoms with Crippen molar-refractivity contribution in [3.05, 3.63) is 43.4 Å². The standard InChI is InChI=1S/C14H12Br3NO2/c1-7(2)18-11(3-4-12(18)14(19)20)13-9(16)5-8(15)6-10(13)17/h3-7H,1-2H3,(H,19,20). The highest BCUT2D eigenvalue weighted by Crippen LogP contribution is 2.39. The Morgan fingerprint density at radius 2 is 1.70 bits per heavy atom. The van der Waals surface area contributed by atoms with Crippen LogP contribution in [0.3, 0.4) is 0 Å². The second kappa shape index (κ2) is 6.03. The van der Waals surface area contributed by atoms with Crippen LogP contribution in [0, 0.1) is 0 Å². The van der Waals surface area contributed by atoms with Crippen LogP contribution in [0.2, 0.25) is 0 Å². The Labute approximate surface area is 142 Å². The summed E-state index contributed by atoms with van der Waals surface area (Å²) >= 11 is 10.5. The third-order valence-corrected chi connectivity index (χ3v) is 4.63. The van der Waals surface area contributed by atoms with Crippen molar-refractivity contribution in [2.75, 3.05) is 0 Å². The van der Waals surface area contributed by atoms with Gasteiger partial charge in [-0.3, -0.25) is 0 Å². The Kier molecular flexibility index (Phi) is 4.76. The SMILES string of the molecule is CC(C)n1c(C(=O)O)ccc1-c1c(Br)cc(Br)cc1Br. The first-order chi connectivity index (χ1) is 9.32. The smallest absolute Gasteiger partial charge is 0.352 e. The molecule has 0 amide bonds. The molecule has 0 radical (unpaired) electrons. The van der Waals surface area contributed by atoms with Crippen LogP contribution in [0.1, 0.15) is 30.4 Å². The molecule has 0 bridgehead atoms. The fourth-order valence-electron chi connectivity index (χ4n) is 2.17. The van der Waals surface area contributed by atoms with Crippen LogP contribution >= 0.6 is 47.8 Å². The zero-order chi connectivity index (χ0) is 15.0. The topological polar surface area (TPSA) is 42.2 Å². The Morgan fingerprint density at radius 1 is 1.15 bits per heavy atom. The highest BCUT2D eigenvalue weighted by molar-refractivity contribution is 9.11. The Bertz CT molecular complexity index is 654. The summed E-state index contributed by atoms with van der Waals surface area (Å²) < 4.78 is 4.56. The fourth-order valence-corrected chi connectivity index (χ4v) is 4.83. The lowest BCUT2D eigenvalue weighted by Gasteiger charge is -2.17. The molecule has 0 saturated heterocycles. The second-order valence-electron chi connectivity index (χ2n) is 4.62. The number of hydrogen-bond donors (Lipinski definition) is 1. The van der Waals surface area contributed by atoms with Gasteiger partial charge < -0.3 is 9.67 Å². The van der Waals surface area contributed by atoms with Gasteiger partial charge in [-0.2, -0.15) is 0 Å². The highest BCUT2D eigenvalue weighted by atomic mass is 79.9. The molecule has 0 spiro atoms. The summed E-state index contributed by atoms with van der Waals surface area (Å²) in [5, 5.41) is 9.31. The molecule has 1 heterocycles. The van der Waals surface area contributed by atoms with Crippen LogP contribution in [0.5, 0.6) is 0 Å². The van der Waals surface area contributed by atoms with Crippen LogP contribution in [0.15, 0.2) is 37.7 Å². The van der Waals surface area contributed by atoms with Gasteiger partial charge in [0.25, 0.3) is 0 Å². The lowest BCUT2D eigenvalue weighted by molar-refractivity contribution is 0.0683. The molecule has 1 aromatic carbocycles. The van der Waals surface area contributed by atoms with E-state index in [1.807, 2.05) is 36.6 Å². The minimum absolute atomic E-state index is 0.0496. The number of benzene rings is 1. The van der Waals surface area contributed by atoms with E-state index in [-0.39, 0.29) is 11.7 Å². The van der Waals surface area contributed by atoms with E-state index in [1.165, 1.54) is 0 Å². The molecule has 0 aliphatic rings. The number of carboxylic acid groups (broad SMARTS) is 1. The van der Waals surface area contributed by atoms with Crippen molar-refractivity contribution >= 4 is 53.8 Å². The van der Waals surface area contributed by atoms with Crippen molar-refractivity contribution in [3.63, 3.8) is 0 Å². The van der Waals surface area contributed by atoms with Crippen molar-refractivity contribution in [1.82, 2.24) is 4.57 Å². The quantitative estimate of drug-likeness (QED) is 0.629. The van der Waals surface area contributed by atoms with E-state index in [9.17, 15) is 9.90 Å². The largest absolute Gasteiger partial charge is 0.477 e. The predicted octanol–water partition coefficient (Wildman–Crippen LogP) is 5.72. The lowest BCUT2D eigenvalue weighted by Crippen LogP contribution is -2.11. The number of halogens is 3. The number of carbonyl (C=O) groups is 1. The summed E-state index contributed by atoms with van der Waals surface area (Å²) in [5.74, 6) is -0.922. The molecule has 0 saturated carbocycles. The molecule has 0 unspecified atom stereocenters. The van der Waals surface area contributed by atoms with Crippen LogP contribution in [-0.2, 0) is 0 Å². The van der Waals surface area contributed by atoms with Gasteiger partial charge in [0, 0.05) is 25.0 Å². The van der Waals surface area contributed by atoms with Crippen LogP contribution in [0.4, 0.5) is 0 Å². The maximum atomic E-state index is 11.3. The first-order valence-electron chi connectivity index (χ1n) is 5.92. The number of aromatic nitrogens is 1.